The van der Waals surface area contributed by atoms with Crippen LogP contribution in [0.1, 0.15) is 21.8 Å². The lowest BCUT2D eigenvalue weighted by molar-refractivity contribution is 0.0596. The SMILES string of the molecule is COC(=O)c1ccccc1S(=O)(=O)N1CCN(Cc2cc(C)on2)CC1. The zero-order valence-electron chi connectivity index (χ0n) is 14.7. The Kier molecular flexibility index (Phi) is 5.40. The molecule has 8 nitrogen and oxygen atoms in total. The maximum atomic E-state index is 13.0. The number of nitrogens with zero attached hydrogens (tertiary/aromatic N) is 3. The molecule has 1 aromatic carbocycles. The van der Waals surface area contributed by atoms with Crippen LogP contribution in [-0.2, 0) is 21.3 Å². The van der Waals surface area contributed by atoms with Crippen molar-refractivity contribution in [2.75, 3.05) is 33.3 Å². The minimum Gasteiger partial charge on any atom is -0.465 e. The van der Waals surface area contributed by atoms with Gasteiger partial charge in [-0.25, -0.2) is 13.2 Å². The van der Waals surface area contributed by atoms with Crippen LogP contribution in [0.3, 0.4) is 0 Å². The Morgan fingerprint density at radius 3 is 2.54 bits per heavy atom. The molecule has 0 amide bonds. The van der Waals surface area contributed by atoms with Crippen molar-refractivity contribution in [3.63, 3.8) is 0 Å². The van der Waals surface area contributed by atoms with Crippen LogP contribution in [0, 0.1) is 6.92 Å². The number of rotatable bonds is 5. The molecule has 0 saturated carbocycles. The summed E-state index contributed by atoms with van der Waals surface area (Å²) in [5, 5.41) is 3.97. The Balaban J connectivity index is 1.71. The van der Waals surface area contributed by atoms with Gasteiger partial charge in [0.1, 0.15) is 5.76 Å². The van der Waals surface area contributed by atoms with Crippen molar-refractivity contribution in [1.29, 1.82) is 0 Å². The topological polar surface area (TPSA) is 93.0 Å². The van der Waals surface area contributed by atoms with Gasteiger partial charge in [0.2, 0.25) is 10.0 Å². The Morgan fingerprint density at radius 1 is 1.23 bits per heavy atom. The summed E-state index contributed by atoms with van der Waals surface area (Å²) in [7, 11) is -2.54. The normalized spacial score (nSPS) is 16.5. The standard InChI is InChI=1S/C17H21N3O5S/c1-13-11-14(18-25-13)12-19-7-9-20(10-8-19)26(22,23)16-6-4-3-5-15(16)17(21)24-2/h3-6,11H,7-10,12H2,1-2H3. The van der Waals surface area contributed by atoms with Gasteiger partial charge in [-0.1, -0.05) is 17.3 Å². The zero-order chi connectivity index (χ0) is 18.7. The number of benzene rings is 1. The molecule has 26 heavy (non-hydrogen) atoms. The van der Waals surface area contributed by atoms with Crippen molar-refractivity contribution in [2.45, 2.75) is 18.4 Å². The molecular weight excluding hydrogens is 358 g/mol. The Bertz CT molecular complexity index is 885. The highest BCUT2D eigenvalue weighted by Crippen LogP contribution is 2.22. The number of hydrogen-bond acceptors (Lipinski definition) is 7. The van der Waals surface area contributed by atoms with E-state index in [4.69, 9.17) is 9.26 Å². The number of hydrogen-bond donors (Lipinski definition) is 0. The summed E-state index contributed by atoms with van der Waals surface area (Å²) in [6, 6.07) is 7.98. The van der Waals surface area contributed by atoms with Gasteiger partial charge in [0.25, 0.3) is 0 Å². The van der Waals surface area contributed by atoms with E-state index in [1.807, 2.05) is 13.0 Å². The van der Waals surface area contributed by atoms with E-state index in [-0.39, 0.29) is 10.5 Å². The van der Waals surface area contributed by atoms with Crippen molar-refractivity contribution < 1.29 is 22.5 Å². The third-order valence-corrected chi connectivity index (χ3v) is 6.26. The summed E-state index contributed by atoms with van der Waals surface area (Å²) in [5.74, 6) is 0.0878. The van der Waals surface area contributed by atoms with Crippen LogP contribution in [0.5, 0.6) is 0 Å². The predicted molar refractivity (Wildman–Crippen MR) is 93.1 cm³/mol. The van der Waals surface area contributed by atoms with E-state index in [2.05, 4.69) is 10.1 Å². The van der Waals surface area contributed by atoms with Crippen molar-refractivity contribution >= 4 is 16.0 Å². The van der Waals surface area contributed by atoms with E-state index in [1.54, 1.807) is 12.1 Å². The summed E-state index contributed by atoms with van der Waals surface area (Å²) in [6.07, 6.45) is 0. The molecule has 2 aromatic rings. The molecule has 0 aliphatic carbocycles. The van der Waals surface area contributed by atoms with Crippen LogP contribution < -0.4 is 0 Å². The van der Waals surface area contributed by atoms with Crippen LogP contribution in [-0.4, -0.2) is 62.0 Å². The number of ether oxygens (including phenoxy) is 1. The summed E-state index contributed by atoms with van der Waals surface area (Å²) in [6.45, 7) is 4.28. The second-order valence-electron chi connectivity index (χ2n) is 6.10. The number of sulfonamides is 1. The fourth-order valence-electron chi connectivity index (χ4n) is 2.96. The smallest absolute Gasteiger partial charge is 0.339 e. The molecular formula is C17H21N3O5S. The van der Waals surface area contributed by atoms with E-state index in [9.17, 15) is 13.2 Å². The van der Waals surface area contributed by atoms with Crippen LogP contribution in [0.15, 0.2) is 39.8 Å². The van der Waals surface area contributed by atoms with E-state index in [0.29, 0.717) is 32.7 Å². The maximum absolute atomic E-state index is 13.0. The van der Waals surface area contributed by atoms with Gasteiger partial charge in [0, 0.05) is 38.8 Å². The number of aromatic nitrogens is 1. The van der Waals surface area contributed by atoms with Gasteiger partial charge >= 0.3 is 5.97 Å². The van der Waals surface area contributed by atoms with Gasteiger partial charge in [-0.2, -0.15) is 4.31 Å². The summed E-state index contributed by atoms with van der Waals surface area (Å²) < 4.78 is 37.1. The quantitative estimate of drug-likeness (QED) is 0.723. The molecule has 1 aliphatic heterocycles. The molecule has 0 radical (unpaired) electrons. The molecule has 140 valence electrons. The molecule has 2 heterocycles. The van der Waals surface area contributed by atoms with E-state index in [1.165, 1.54) is 23.5 Å². The Labute approximate surface area is 152 Å². The zero-order valence-corrected chi connectivity index (χ0v) is 15.5. The van der Waals surface area contributed by atoms with Crippen LogP contribution >= 0.6 is 0 Å². The Hall–Kier alpha value is -2.23. The minimum atomic E-state index is -3.77. The summed E-state index contributed by atoms with van der Waals surface area (Å²) in [5.41, 5.74) is 0.880. The highest BCUT2D eigenvalue weighted by Gasteiger charge is 2.31. The summed E-state index contributed by atoms with van der Waals surface area (Å²) in [4.78, 5) is 14.0. The second kappa shape index (κ2) is 7.56. The van der Waals surface area contributed by atoms with Crippen LogP contribution in [0.4, 0.5) is 0 Å². The number of carbonyl (C=O) groups is 1. The monoisotopic (exact) mass is 379 g/mol. The first-order valence-electron chi connectivity index (χ1n) is 8.24. The molecule has 0 bridgehead atoms. The third kappa shape index (κ3) is 3.79. The van der Waals surface area contributed by atoms with Gasteiger partial charge in [-0.05, 0) is 19.1 Å². The van der Waals surface area contributed by atoms with Crippen molar-refractivity contribution in [2.24, 2.45) is 0 Å². The largest absolute Gasteiger partial charge is 0.465 e. The van der Waals surface area contributed by atoms with Gasteiger partial charge in [-0.15, -0.1) is 0 Å². The minimum absolute atomic E-state index is 0.0209. The average molecular weight is 379 g/mol. The number of methoxy groups -OCH3 is 1. The fourth-order valence-corrected chi connectivity index (χ4v) is 4.56. The fraction of sp³-hybridized carbons (Fsp3) is 0.412. The predicted octanol–water partition coefficient (Wildman–Crippen LogP) is 1.28. The molecule has 0 spiro atoms. The Morgan fingerprint density at radius 2 is 1.92 bits per heavy atom. The first-order chi connectivity index (χ1) is 12.4. The van der Waals surface area contributed by atoms with E-state index < -0.39 is 16.0 Å². The average Bonchev–Trinajstić information content (AvgIpc) is 3.06. The van der Waals surface area contributed by atoms with Crippen molar-refractivity contribution in [1.82, 2.24) is 14.4 Å². The molecule has 0 unspecified atom stereocenters. The first-order valence-corrected chi connectivity index (χ1v) is 9.68. The molecule has 1 aliphatic rings. The molecule has 3 rings (SSSR count). The van der Waals surface area contributed by atoms with E-state index in [0.717, 1.165) is 11.5 Å². The molecule has 0 atom stereocenters. The van der Waals surface area contributed by atoms with Crippen molar-refractivity contribution in [3.05, 3.63) is 47.3 Å². The molecule has 1 fully saturated rings. The lowest BCUT2D eigenvalue weighted by Gasteiger charge is -2.33. The van der Waals surface area contributed by atoms with Gasteiger partial charge in [0.05, 0.1) is 23.3 Å². The molecule has 1 saturated heterocycles. The maximum Gasteiger partial charge on any atom is 0.339 e. The lowest BCUT2D eigenvalue weighted by Crippen LogP contribution is -2.48. The number of aryl methyl sites for hydroxylation is 1. The number of esters is 1. The summed E-state index contributed by atoms with van der Waals surface area (Å²) >= 11 is 0. The van der Waals surface area contributed by atoms with Crippen LogP contribution in [0.25, 0.3) is 0 Å². The second-order valence-corrected chi connectivity index (χ2v) is 8.00. The molecule has 1 aromatic heterocycles. The van der Waals surface area contributed by atoms with Gasteiger partial charge < -0.3 is 9.26 Å². The number of carbonyl (C=O) groups excluding carboxylic acids is 1. The first kappa shape index (κ1) is 18.6. The van der Waals surface area contributed by atoms with Crippen LogP contribution in [0.2, 0.25) is 0 Å². The highest BCUT2D eigenvalue weighted by atomic mass is 32.2. The molecule has 0 N–H and O–H groups in total. The van der Waals surface area contributed by atoms with Gasteiger partial charge in [-0.3, -0.25) is 4.90 Å². The molecule has 9 heteroatoms. The van der Waals surface area contributed by atoms with Gasteiger partial charge in [0.15, 0.2) is 0 Å². The highest BCUT2D eigenvalue weighted by molar-refractivity contribution is 7.89. The van der Waals surface area contributed by atoms with Crippen molar-refractivity contribution in [3.8, 4) is 0 Å². The number of piperazine rings is 1. The lowest BCUT2D eigenvalue weighted by atomic mass is 10.2. The third-order valence-electron chi connectivity index (χ3n) is 4.30. The van der Waals surface area contributed by atoms with E-state index >= 15 is 0 Å².